The number of nitrogens with one attached hydrogen (secondary N) is 1. The summed E-state index contributed by atoms with van der Waals surface area (Å²) in [6, 6.07) is 14.7. The van der Waals surface area contributed by atoms with Gasteiger partial charge < -0.3 is 15.0 Å². The van der Waals surface area contributed by atoms with E-state index < -0.39 is 6.10 Å². The number of nitrogens with zero attached hydrogens (tertiary/aromatic N) is 1. The molecule has 0 aliphatic rings. The number of ether oxygens (including phenoxy) is 1. The number of amides is 2. The highest BCUT2D eigenvalue weighted by atomic mass is 16.5. The fourth-order valence-corrected chi connectivity index (χ4v) is 2.82. The third-order valence-corrected chi connectivity index (χ3v) is 4.68. The van der Waals surface area contributed by atoms with Gasteiger partial charge in [0.15, 0.2) is 6.10 Å². The van der Waals surface area contributed by atoms with Crippen LogP contribution in [-0.2, 0) is 4.79 Å². The van der Waals surface area contributed by atoms with E-state index in [1.165, 1.54) is 5.56 Å². The van der Waals surface area contributed by atoms with Gasteiger partial charge in [-0.3, -0.25) is 9.59 Å². The van der Waals surface area contributed by atoms with Gasteiger partial charge in [0.25, 0.3) is 11.8 Å². The minimum Gasteiger partial charge on any atom is -0.481 e. The first-order valence-corrected chi connectivity index (χ1v) is 9.82. The maximum atomic E-state index is 12.4. The molecule has 0 aromatic heterocycles. The number of carbonyl (C=O) groups excluding carboxylic acids is 2. The third-order valence-electron chi connectivity index (χ3n) is 4.68. The van der Waals surface area contributed by atoms with Crippen molar-refractivity contribution in [3.8, 4) is 5.75 Å². The summed E-state index contributed by atoms with van der Waals surface area (Å²) in [5.41, 5.74) is 2.46. The number of anilines is 1. The Morgan fingerprint density at radius 3 is 2.00 bits per heavy atom. The number of benzene rings is 2. The maximum absolute atomic E-state index is 12.4. The number of rotatable bonds is 8. The molecule has 1 N–H and O–H groups in total. The van der Waals surface area contributed by atoms with Crippen LogP contribution in [0.15, 0.2) is 48.5 Å². The van der Waals surface area contributed by atoms with Crippen molar-refractivity contribution in [1.29, 1.82) is 0 Å². The van der Waals surface area contributed by atoms with E-state index >= 15 is 0 Å². The molecule has 0 fully saturated rings. The zero-order valence-electron chi connectivity index (χ0n) is 17.4. The number of carbonyl (C=O) groups is 2. The minimum atomic E-state index is -0.637. The van der Waals surface area contributed by atoms with Gasteiger partial charge in [0, 0.05) is 24.3 Å². The summed E-state index contributed by atoms with van der Waals surface area (Å²) in [6.07, 6.45) is -0.637. The Morgan fingerprint density at radius 1 is 0.929 bits per heavy atom. The largest absolute Gasteiger partial charge is 0.481 e. The predicted molar refractivity (Wildman–Crippen MR) is 113 cm³/mol. The van der Waals surface area contributed by atoms with E-state index in [4.69, 9.17) is 4.74 Å². The molecule has 5 heteroatoms. The summed E-state index contributed by atoms with van der Waals surface area (Å²) >= 11 is 0. The fourth-order valence-electron chi connectivity index (χ4n) is 2.82. The summed E-state index contributed by atoms with van der Waals surface area (Å²) in [5, 5.41) is 2.83. The first kappa shape index (κ1) is 21.5. The first-order valence-electron chi connectivity index (χ1n) is 9.82. The number of hydrogen-bond donors (Lipinski definition) is 1. The molecule has 0 aliphatic carbocycles. The van der Waals surface area contributed by atoms with E-state index in [9.17, 15) is 9.59 Å². The molecule has 1 unspecified atom stereocenters. The van der Waals surface area contributed by atoms with Crippen molar-refractivity contribution in [1.82, 2.24) is 4.90 Å². The molecule has 2 amide bonds. The molecule has 2 aromatic rings. The topological polar surface area (TPSA) is 58.6 Å². The molecule has 0 spiro atoms. The van der Waals surface area contributed by atoms with Crippen molar-refractivity contribution in [2.24, 2.45) is 0 Å². The van der Waals surface area contributed by atoms with Crippen LogP contribution in [-0.4, -0.2) is 35.9 Å². The molecule has 5 nitrogen and oxygen atoms in total. The molecular formula is C23H30N2O3. The molecule has 0 aliphatic heterocycles. The Morgan fingerprint density at radius 2 is 1.50 bits per heavy atom. The molecule has 0 bridgehead atoms. The molecule has 0 saturated heterocycles. The summed E-state index contributed by atoms with van der Waals surface area (Å²) in [7, 11) is 0. The van der Waals surface area contributed by atoms with Crippen molar-refractivity contribution < 1.29 is 14.3 Å². The summed E-state index contributed by atoms with van der Waals surface area (Å²) in [6.45, 7) is 11.2. The lowest BCUT2D eigenvalue weighted by Gasteiger charge is -2.19. The smallest absolute Gasteiger partial charge is 0.265 e. The average molecular weight is 383 g/mol. The van der Waals surface area contributed by atoms with E-state index in [0.29, 0.717) is 36.0 Å². The van der Waals surface area contributed by atoms with Gasteiger partial charge >= 0.3 is 0 Å². The van der Waals surface area contributed by atoms with E-state index in [0.717, 1.165) is 0 Å². The Balaban J connectivity index is 1.95. The molecule has 1 atom stereocenters. The van der Waals surface area contributed by atoms with E-state index in [1.807, 2.05) is 38.1 Å². The molecule has 150 valence electrons. The first-order chi connectivity index (χ1) is 13.3. The van der Waals surface area contributed by atoms with Crippen LogP contribution in [0.25, 0.3) is 0 Å². The van der Waals surface area contributed by atoms with Gasteiger partial charge in [-0.15, -0.1) is 0 Å². The summed E-state index contributed by atoms with van der Waals surface area (Å²) in [5.74, 6) is 0.860. The van der Waals surface area contributed by atoms with E-state index in [2.05, 4.69) is 19.2 Å². The molecule has 28 heavy (non-hydrogen) atoms. The second kappa shape index (κ2) is 9.93. The van der Waals surface area contributed by atoms with Gasteiger partial charge in [-0.2, -0.15) is 0 Å². The van der Waals surface area contributed by atoms with Crippen LogP contribution in [0.5, 0.6) is 5.75 Å². The van der Waals surface area contributed by atoms with Crippen molar-refractivity contribution in [3.05, 3.63) is 59.7 Å². The minimum absolute atomic E-state index is 0.00979. The van der Waals surface area contributed by atoms with Gasteiger partial charge in [-0.05, 0) is 68.7 Å². The molecule has 2 aromatic carbocycles. The van der Waals surface area contributed by atoms with Crippen LogP contribution in [0.1, 0.15) is 56.5 Å². The van der Waals surface area contributed by atoms with Crippen LogP contribution in [0, 0.1) is 0 Å². The van der Waals surface area contributed by atoms with Gasteiger partial charge in [0.05, 0.1) is 0 Å². The molecule has 0 radical (unpaired) electrons. The van der Waals surface area contributed by atoms with Crippen molar-refractivity contribution in [2.75, 3.05) is 18.4 Å². The van der Waals surface area contributed by atoms with Crippen LogP contribution in [0.3, 0.4) is 0 Å². The summed E-state index contributed by atoms with van der Waals surface area (Å²) < 4.78 is 5.73. The van der Waals surface area contributed by atoms with Crippen LogP contribution in [0.2, 0.25) is 0 Å². The lowest BCUT2D eigenvalue weighted by atomic mass is 10.0. The Bertz CT molecular complexity index is 778. The van der Waals surface area contributed by atoms with E-state index in [-0.39, 0.29) is 11.8 Å². The van der Waals surface area contributed by atoms with E-state index in [1.54, 1.807) is 36.1 Å². The lowest BCUT2D eigenvalue weighted by Crippen LogP contribution is -2.31. The SMILES string of the molecule is CCN(CC)C(=O)c1ccc(NC(=O)C(C)Oc2ccc(C(C)C)cc2)cc1. The standard InChI is InChI=1S/C23H30N2O3/c1-6-25(7-2)23(27)19-8-12-20(13-9-19)24-22(26)17(5)28-21-14-10-18(11-15-21)16(3)4/h8-17H,6-7H2,1-5H3,(H,24,26). The fraction of sp³-hybridized carbons (Fsp3) is 0.391. The molecule has 0 heterocycles. The van der Waals surface area contributed by atoms with Crippen LogP contribution < -0.4 is 10.1 Å². The average Bonchev–Trinajstić information content (AvgIpc) is 2.69. The highest BCUT2D eigenvalue weighted by Crippen LogP contribution is 2.20. The third kappa shape index (κ3) is 5.59. The van der Waals surface area contributed by atoms with Crippen molar-refractivity contribution in [2.45, 2.75) is 46.6 Å². The van der Waals surface area contributed by atoms with Gasteiger partial charge in [0.1, 0.15) is 5.75 Å². The van der Waals surface area contributed by atoms with Gasteiger partial charge in [0.2, 0.25) is 0 Å². The normalized spacial score (nSPS) is 11.8. The highest BCUT2D eigenvalue weighted by molar-refractivity contribution is 5.96. The maximum Gasteiger partial charge on any atom is 0.265 e. The van der Waals surface area contributed by atoms with Crippen molar-refractivity contribution in [3.63, 3.8) is 0 Å². The van der Waals surface area contributed by atoms with Crippen molar-refractivity contribution >= 4 is 17.5 Å². The van der Waals surface area contributed by atoms with Crippen LogP contribution in [0.4, 0.5) is 5.69 Å². The van der Waals surface area contributed by atoms with Crippen LogP contribution >= 0.6 is 0 Å². The Hall–Kier alpha value is -2.82. The van der Waals surface area contributed by atoms with Gasteiger partial charge in [-0.1, -0.05) is 26.0 Å². The summed E-state index contributed by atoms with van der Waals surface area (Å²) in [4.78, 5) is 26.5. The molecule has 0 saturated carbocycles. The predicted octanol–water partition coefficient (Wildman–Crippen LogP) is 4.70. The Kier molecular flexibility index (Phi) is 7.61. The zero-order chi connectivity index (χ0) is 20.7. The zero-order valence-corrected chi connectivity index (χ0v) is 17.4. The Labute approximate surface area is 167 Å². The monoisotopic (exact) mass is 382 g/mol. The number of hydrogen-bond acceptors (Lipinski definition) is 3. The second-order valence-corrected chi connectivity index (χ2v) is 7.03. The second-order valence-electron chi connectivity index (χ2n) is 7.03. The van der Waals surface area contributed by atoms with Gasteiger partial charge in [-0.25, -0.2) is 0 Å². The molecular weight excluding hydrogens is 352 g/mol. The molecule has 2 rings (SSSR count). The quantitative estimate of drug-likeness (QED) is 0.720. The highest BCUT2D eigenvalue weighted by Gasteiger charge is 2.16. The lowest BCUT2D eigenvalue weighted by molar-refractivity contribution is -0.122.